The van der Waals surface area contributed by atoms with Crippen LogP contribution in [0.15, 0.2) is 12.1 Å². The van der Waals surface area contributed by atoms with Crippen molar-refractivity contribution in [3.05, 3.63) is 17.3 Å². The molecule has 1 aromatic rings. The zero-order chi connectivity index (χ0) is 11.1. The molecule has 15 heavy (non-hydrogen) atoms. The largest absolute Gasteiger partial charge is 0.391 e. The molecule has 5 nitrogen and oxygen atoms in total. The van der Waals surface area contributed by atoms with Crippen LogP contribution in [-0.2, 0) is 4.74 Å². The van der Waals surface area contributed by atoms with Crippen LogP contribution < -0.4 is 5.32 Å². The van der Waals surface area contributed by atoms with Gasteiger partial charge in [-0.05, 0) is 18.6 Å². The number of ether oxygens (including phenoxy) is 1. The highest BCUT2D eigenvalue weighted by Gasteiger charge is 2.02. The second kappa shape index (κ2) is 6.55. The molecule has 1 heterocycles. The topological polar surface area (TPSA) is 67.3 Å². The first-order chi connectivity index (χ1) is 7.22. The average molecular weight is 232 g/mol. The highest BCUT2D eigenvalue weighted by Crippen LogP contribution is 2.06. The molecule has 2 N–H and O–H groups in total. The third-order valence-electron chi connectivity index (χ3n) is 1.77. The Kier molecular flexibility index (Phi) is 5.31. The number of anilines is 1. The fourth-order valence-corrected chi connectivity index (χ4v) is 1.15. The number of aliphatic hydroxyl groups is 1. The third kappa shape index (κ3) is 4.92. The second-order valence-corrected chi connectivity index (χ2v) is 3.45. The molecule has 0 spiro atoms. The molecular weight excluding hydrogens is 218 g/mol. The van der Waals surface area contributed by atoms with Crippen molar-refractivity contribution in [3.8, 4) is 0 Å². The molecule has 0 fully saturated rings. The van der Waals surface area contributed by atoms with Gasteiger partial charge in [-0.3, -0.25) is 0 Å². The molecule has 0 saturated heterocycles. The SMILES string of the molecule is COCC(O)CCNc1ccc(Cl)nn1. The van der Waals surface area contributed by atoms with Gasteiger partial charge in [-0.1, -0.05) is 11.6 Å². The van der Waals surface area contributed by atoms with Gasteiger partial charge in [0, 0.05) is 13.7 Å². The van der Waals surface area contributed by atoms with Gasteiger partial charge in [-0.25, -0.2) is 0 Å². The summed E-state index contributed by atoms with van der Waals surface area (Å²) in [7, 11) is 1.56. The first kappa shape index (κ1) is 12.2. The first-order valence-corrected chi connectivity index (χ1v) is 5.00. The number of nitrogens with zero attached hydrogens (tertiary/aromatic N) is 2. The van der Waals surface area contributed by atoms with E-state index in [1.165, 1.54) is 0 Å². The molecule has 84 valence electrons. The lowest BCUT2D eigenvalue weighted by molar-refractivity contribution is 0.0615. The minimum absolute atomic E-state index is 0.341. The summed E-state index contributed by atoms with van der Waals surface area (Å²) < 4.78 is 4.80. The molecular formula is C9H14ClN3O2. The summed E-state index contributed by atoms with van der Waals surface area (Å²) in [5.74, 6) is 0.643. The van der Waals surface area contributed by atoms with Crippen LogP contribution in [-0.4, -0.2) is 41.7 Å². The van der Waals surface area contributed by atoms with Crippen LogP contribution in [0.3, 0.4) is 0 Å². The van der Waals surface area contributed by atoms with E-state index in [0.717, 1.165) is 0 Å². The molecule has 1 atom stereocenters. The van der Waals surface area contributed by atoms with Crippen molar-refractivity contribution < 1.29 is 9.84 Å². The van der Waals surface area contributed by atoms with Gasteiger partial charge in [0.25, 0.3) is 0 Å². The molecule has 0 aliphatic carbocycles. The monoisotopic (exact) mass is 231 g/mol. The summed E-state index contributed by atoms with van der Waals surface area (Å²) in [6.07, 6.45) is 0.140. The van der Waals surface area contributed by atoms with Gasteiger partial charge < -0.3 is 15.2 Å². The maximum atomic E-state index is 9.35. The van der Waals surface area contributed by atoms with Crippen molar-refractivity contribution in [1.82, 2.24) is 10.2 Å². The number of rotatable bonds is 6. The molecule has 0 bridgehead atoms. The maximum absolute atomic E-state index is 9.35. The van der Waals surface area contributed by atoms with Crippen molar-refractivity contribution in [3.63, 3.8) is 0 Å². The predicted octanol–water partition coefficient (Wildman–Crippen LogP) is 0.939. The van der Waals surface area contributed by atoms with Crippen LogP contribution in [0.1, 0.15) is 6.42 Å². The lowest BCUT2D eigenvalue weighted by Gasteiger charge is -2.09. The van der Waals surface area contributed by atoms with Crippen LogP contribution in [0.4, 0.5) is 5.82 Å². The molecule has 1 unspecified atom stereocenters. The van der Waals surface area contributed by atoms with Crippen LogP contribution in [0.2, 0.25) is 5.15 Å². The van der Waals surface area contributed by atoms with Crippen molar-refractivity contribution in [1.29, 1.82) is 0 Å². The van der Waals surface area contributed by atoms with Crippen LogP contribution >= 0.6 is 11.6 Å². The number of hydrogen-bond donors (Lipinski definition) is 2. The molecule has 0 aliphatic heterocycles. The number of hydrogen-bond acceptors (Lipinski definition) is 5. The van der Waals surface area contributed by atoms with Crippen molar-refractivity contribution in [2.45, 2.75) is 12.5 Å². The van der Waals surface area contributed by atoms with E-state index in [4.69, 9.17) is 16.3 Å². The lowest BCUT2D eigenvalue weighted by atomic mass is 10.2. The molecule has 0 aliphatic rings. The molecule has 0 aromatic carbocycles. The summed E-state index contributed by atoms with van der Waals surface area (Å²) in [6.45, 7) is 0.953. The normalized spacial score (nSPS) is 12.5. The van der Waals surface area contributed by atoms with Gasteiger partial charge in [0.1, 0.15) is 5.82 Å². The molecule has 0 amide bonds. The van der Waals surface area contributed by atoms with Gasteiger partial charge in [0.2, 0.25) is 0 Å². The first-order valence-electron chi connectivity index (χ1n) is 4.62. The Balaban J connectivity index is 2.22. The molecule has 6 heteroatoms. The van der Waals surface area contributed by atoms with E-state index in [-0.39, 0.29) is 0 Å². The highest BCUT2D eigenvalue weighted by molar-refractivity contribution is 6.29. The number of aromatic nitrogens is 2. The maximum Gasteiger partial charge on any atom is 0.151 e. The summed E-state index contributed by atoms with van der Waals surface area (Å²) in [5, 5.41) is 20.2. The van der Waals surface area contributed by atoms with Gasteiger partial charge in [-0.2, -0.15) is 0 Å². The van der Waals surface area contributed by atoms with Crippen molar-refractivity contribution in [2.75, 3.05) is 25.6 Å². The van der Waals surface area contributed by atoms with Gasteiger partial charge in [-0.15, -0.1) is 10.2 Å². The molecule has 0 saturated carbocycles. The Morgan fingerprint density at radius 1 is 1.53 bits per heavy atom. The summed E-state index contributed by atoms with van der Waals surface area (Å²) in [6, 6.07) is 3.39. The average Bonchev–Trinajstić information content (AvgIpc) is 2.21. The molecule has 1 rings (SSSR count). The third-order valence-corrected chi connectivity index (χ3v) is 1.98. The lowest BCUT2D eigenvalue weighted by Crippen LogP contribution is -2.18. The smallest absolute Gasteiger partial charge is 0.151 e. The predicted molar refractivity (Wildman–Crippen MR) is 58.0 cm³/mol. The minimum Gasteiger partial charge on any atom is -0.391 e. The fraction of sp³-hybridized carbons (Fsp3) is 0.556. The van der Waals surface area contributed by atoms with Crippen molar-refractivity contribution >= 4 is 17.4 Å². The van der Waals surface area contributed by atoms with E-state index >= 15 is 0 Å². The minimum atomic E-state index is -0.456. The number of aliphatic hydroxyl groups excluding tert-OH is 1. The van der Waals surface area contributed by atoms with E-state index in [1.54, 1.807) is 19.2 Å². The molecule has 0 radical (unpaired) electrons. The zero-order valence-electron chi connectivity index (χ0n) is 8.48. The highest BCUT2D eigenvalue weighted by atomic mass is 35.5. The Morgan fingerprint density at radius 3 is 2.93 bits per heavy atom. The van der Waals surface area contributed by atoms with Crippen LogP contribution in [0.25, 0.3) is 0 Å². The number of methoxy groups -OCH3 is 1. The van der Waals surface area contributed by atoms with E-state index in [9.17, 15) is 5.11 Å². The van der Waals surface area contributed by atoms with Gasteiger partial charge in [0.15, 0.2) is 5.15 Å². The van der Waals surface area contributed by atoms with E-state index < -0.39 is 6.10 Å². The van der Waals surface area contributed by atoms with Crippen molar-refractivity contribution in [2.24, 2.45) is 0 Å². The van der Waals surface area contributed by atoms with E-state index in [2.05, 4.69) is 15.5 Å². The second-order valence-electron chi connectivity index (χ2n) is 3.07. The Hall–Kier alpha value is -0.910. The van der Waals surface area contributed by atoms with E-state index in [0.29, 0.717) is 30.5 Å². The Morgan fingerprint density at radius 2 is 2.33 bits per heavy atom. The van der Waals surface area contributed by atoms with Crippen LogP contribution in [0, 0.1) is 0 Å². The standard InChI is InChI=1S/C9H14ClN3O2/c1-15-6-7(14)4-5-11-9-3-2-8(10)12-13-9/h2-3,7,14H,4-6H2,1H3,(H,11,13). The zero-order valence-corrected chi connectivity index (χ0v) is 9.24. The van der Waals surface area contributed by atoms with Crippen LogP contribution in [0.5, 0.6) is 0 Å². The summed E-state index contributed by atoms with van der Waals surface area (Å²) >= 11 is 5.58. The Bertz CT molecular complexity index is 281. The fourth-order valence-electron chi connectivity index (χ4n) is 1.05. The molecule has 1 aromatic heterocycles. The van der Waals surface area contributed by atoms with E-state index in [1.807, 2.05) is 0 Å². The quantitative estimate of drug-likeness (QED) is 0.763. The number of halogens is 1. The summed E-state index contributed by atoms with van der Waals surface area (Å²) in [5.41, 5.74) is 0. The van der Waals surface area contributed by atoms with Gasteiger partial charge in [0.05, 0.1) is 12.7 Å². The summed E-state index contributed by atoms with van der Waals surface area (Å²) in [4.78, 5) is 0. The van der Waals surface area contributed by atoms with Gasteiger partial charge >= 0.3 is 0 Å². The Labute approximate surface area is 93.4 Å². The number of nitrogens with one attached hydrogen (secondary N) is 1.